The van der Waals surface area contributed by atoms with Crippen molar-refractivity contribution in [2.75, 3.05) is 0 Å². The van der Waals surface area contributed by atoms with E-state index in [9.17, 15) is 4.79 Å². The van der Waals surface area contributed by atoms with E-state index in [1.807, 2.05) is 0 Å². The second-order valence-corrected chi connectivity index (χ2v) is 1.59. The molecule has 0 N–H and O–H groups in total. The summed E-state index contributed by atoms with van der Waals surface area (Å²) < 4.78 is 0.0567. The van der Waals surface area contributed by atoms with Crippen LogP contribution in [-0.2, 0) is 23.1 Å². The SMILES string of the molecule is C[C](=O)[Rh]. The molecular weight excluding hydrogens is 143 g/mol. The summed E-state index contributed by atoms with van der Waals surface area (Å²) >= 11 is 2.18. The van der Waals surface area contributed by atoms with E-state index < -0.39 is 0 Å². The van der Waals surface area contributed by atoms with Gasteiger partial charge in [0.25, 0.3) is 0 Å². The molecule has 0 radical (unpaired) electrons. The van der Waals surface area contributed by atoms with Crippen LogP contribution in [-0.4, -0.2) is 4.38 Å². The van der Waals surface area contributed by atoms with Gasteiger partial charge < -0.3 is 0 Å². The van der Waals surface area contributed by atoms with Crippen LogP contribution in [0.1, 0.15) is 6.92 Å². The van der Waals surface area contributed by atoms with Crippen LogP contribution in [0.3, 0.4) is 0 Å². The zero-order valence-electron chi connectivity index (χ0n) is 2.24. The molecule has 4 heavy (non-hydrogen) atoms. The summed E-state index contributed by atoms with van der Waals surface area (Å²) in [5.41, 5.74) is 0. The third-order valence-corrected chi connectivity index (χ3v) is 0. The van der Waals surface area contributed by atoms with Crippen LogP contribution in [0.4, 0.5) is 0 Å². The molecule has 0 aliphatic heterocycles. The topological polar surface area (TPSA) is 17.1 Å². The molecule has 0 aromatic heterocycles. The zero-order valence-corrected chi connectivity index (χ0v) is 3.88. The normalized spacial score (nSPS) is 6.75. The van der Waals surface area contributed by atoms with Gasteiger partial charge >= 0.3 is 34.4 Å². The second-order valence-electron chi connectivity index (χ2n) is 0.439. The summed E-state index contributed by atoms with van der Waals surface area (Å²) in [4.78, 5) is 9.40. The van der Waals surface area contributed by atoms with Crippen LogP contribution in [0.5, 0.6) is 0 Å². The van der Waals surface area contributed by atoms with Gasteiger partial charge in [-0.1, -0.05) is 0 Å². The van der Waals surface area contributed by atoms with Gasteiger partial charge in [0.2, 0.25) is 0 Å². The van der Waals surface area contributed by atoms with Crippen molar-refractivity contribution < 1.29 is 23.1 Å². The molecule has 0 spiro atoms. The van der Waals surface area contributed by atoms with Crippen LogP contribution in [0.15, 0.2) is 0 Å². The van der Waals surface area contributed by atoms with Crippen molar-refractivity contribution in [3.8, 4) is 0 Å². The van der Waals surface area contributed by atoms with Gasteiger partial charge in [-0.25, -0.2) is 0 Å². The van der Waals surface area contributed by atoms with Crippen LogP contribution < -0.4 is 0 Å². The fourth-order valence-corrected chi connectivity index (χ4v) is 0. The number of hydrogen-bond donors (Lipinski definition) is 0. The Labute approximate surface area is 35.1 Å². The van der Waals surface area contributed by atoms with Crippen LogP contribution in [0.2, 0.25) is 0 Å². The summed E-state index contributed by atoms with van der Waals surface area (Å²) in [6, 6.07) is 0. The molecule has 0 heterocycles. The Hall–Kier alpha value is 0.293. The Bertz CT molecular complexity index is 29.0. The molecule has 0 saturated heterocycles. The first-order chi connectivity index (χ1) is 1.73. The molecule has 2 heteroatoms. The zero-order chi connectivity index (χ0) is 3.58. The van der Waals surface area contributed by atoms with Gasteiger partial charge in [0.05, 0.1) is 0 Å². The van der Waals surface area contributed by atoms with Crippen molar-refractivity contribution in [1.29, 1.82) is 0 Å². The molecule has 0 aromatic rings. The number of carbonyl (C=O) groups is 1. The molecule has 0 rings (SSSR count). The van der Waals surface area contributed by atoms with Crippen molar-refractivity contribution in [3.05, 3.63) is 0 Å². The minimum atomic E-state index is 0.0567. The van der Waals surface area contributed by atoms with Crippen molar-refractivity contribution in [2.45, 2.75) is 6.92 Å². The summed E-state index contributed by atoms with van der Waals surface area (Å²) in [6.45, 7) is 1.48. The number of hydrogen-bond acceptors (Lipinski definition) is 1. The monoisotopic (exact) mass is 146 g/mol. The minimum absolute atomic E-state index is 0.0567. The first-order valence-electron chi connectivity index (χ1n) is 0.871. The van der Waals surface area contributed by atoms with Crippen molar-refractivity contribution >= 4 is 4.38 Å². The summed E-state index contributed by atoms with van der Waals surface area (Å²) in [5.74, 6) is 0. The van der Waals surface area contributed by atoms with Gasteiger partial charge in [0.1, 0.15) is 0 Å². The van der Waals surface area contributed by atoms with Crippen molar-refractivity contribution in [1.82, 2.24) is 0 Å². The molecule has 0 aliphatic rings. The second kappa shape index (κ2) is 1.60. The van der Waals surface area contributed by atoms with Crippen LogP contribution in [0, 0.1) is 0 Å². The quantitative estimate of drug-likeness (QED) is 0.442. The van der Waals surface area contributed by atoms with Crippen molar-refractivity contribution in [2.24, 2.45) is 0 Å². The average Bonchev–Trinajstić information content (AvgIpc) is 0.811. The van der Waals surface area contributed by atoms with Crippen LogP contribution in [0.25, 0.3) is 0 Å². The predicted molar refractivity (Wildman–Crippen MR) is 10.7 cm³/mol. The molecular formula is C2H3ORh. The number of carbonyl (C=O) groups excluding carboxylic acids is 1. The first kappa shape index (κ1) is 4.29. The van der Waals surface area contributed by atoms with E-state index in [0.29, 0.717) is 0 Å². The van der Waals surface area contributed by atoms with E-state index in [1.54, 1.807) is 0 Å². The van der Waals surface area contributed by atoms with Gasteiger partial charge in [-0.2, -0.15) is 0 Å². The Morgan fingerprint density at radius 1 is 2.00 bits per heavy atom. The van der Waals surface area contributed by atoms with E-state index in [1.165, 1.54) is 6.92 Å². The third kappa shape index (κ3) is 44.6. The molecule has 0 aromatic carbocycles. The molecule has 0 fully saturated rings. The van der Waals surface area contributed by atoms with Gasteiger partial charge in [0, 0.05) is 0 Å². The summed E-state index contributed by atoms with van der Waals surface area (Å²) in [6.07, 6.45) is 0. The van der Waals surface area contributed by atoms with E-state index >= 15 is 0 Å². The van der Waals surface area contributed by atoms with Crippen molar-refractivity contribution in [3.63, 3.8) is 0 Å². The van der Waals surface area contributed by atoms with E-state index in [0.717, 1.165) is 0 Å². The molecule has 0 saturated carbocycles. The van der Waals surface area contributed by atoms with E-state index in [-0.39, 0.29) is 4.38 Å². The fraction of sp³-hybridized carbons (Fsp3) is 0.500. The van der Waals surface area contributed by atoms with Gasteiger partial charge in [-0.05, 0) is 0 Å². The van der Waals surface area contributed by atoms with Gasteiger partial charge in [-0.3, -0.25) is 0 Å². The first-order valence-corrected chi connectivity index (χ1v) is 1.69. The number of rotatable bonds is 0. The Kier molecular flexibility index (Phi) is 1.71. The molecule has 1 nitrogen and oxygen atoms in total. The maximum atomic E-state index is 9.40. The van der Waals surface area contributed by atoms with E-state index in [2.05, 4.69) is 18.3 Å². The molecule has 0 bridgehead atoms. The molecule has 0 aliphatic carbocycles. The molecule has 0 amide bonds. The third-order valence-electron chi connectivity index (χ3n) is 0. The molecule has 0 unspecified atom stereocenters. The summed E-state index contributed by atoms with van der Waals surface area (Å²) in [7, 11) is 0. The maximum absolute atomic E-state index is 9.40. The fourth-order valence-electron chi connectivity index (χ4n) is 0. The molecule has 0 atom stereocenters. The Morgan fingerprint density at radius 2 is 2.00 bits per heavy atom. The van der Waals surface area contributed by atoms with Gasteiger partial charge in [-0.15, -0.1) is 0 Å². The molecule has 26 valence electrons. The Balaban J connectivity index is 2.80. The standard InChI is InChI=1S/C2H3O.Rh/c1-2-3;/h1H3;. The predicted octanol–water partition coefficient (Wildman–Crippen LogP) is 0.0797. The van der Waals surface area contributed by atoms with E-state index in [4.69, 9.17) is 0 Å². The van der Waals surface area contributed by atoms with Gasteiger partial charge in [0.15, 0.2) is 0 Å². The summed E-state index contributed by atoms with van der Waals surface area (Å²) in [5, 5.41) is 0. The Morgan fingerprint density at radius 3 is 2.00 bits per heavy atom. The average molecular weight is 146 g/mol. The van der Waals surface area contributed by atoms with Crippen LogP contribution >= 0.6 is 0 Å².